The first-order valence-electron chi connectivity index (χ1n) is 16.6. The Bertz CT molecular complexity index is 1310. The van der Waals surface area contributed by atoms with Gasteiger partial charge in [-0.25, -0.2) is 4.79 Å². The quantitative estimate of drug-likeness (QED) is 0.358. The fraction of sp³-hybridized carbons (Fsp3) is 0.771. The lowest BCUT2D eigenvalue weighted by molar-refractivity contribution is -0.280. The summed E-state index contributed by atoms with van der Waals surface area (Å²) in [5.74, 6) is -0.299. The maximum atomic E-state index is 13.8. The third-order valence-electron chi connectivity index (χ3n) is 13.2. The van der Waals surface area contributed by atoms with Crippen LogP contribution in [0.25, 0.3) is 0 Å². The van der Waals surface area contributed by atoms with Crippen LogP contribution in [0.1, 0.15) is 49.9 Å². The fourth-order valence-corrected chi connectivity index (χ4v) is 12.4. The molecule has 0 radical (unpaired) electrons. The summed E-state index contributed by atoms with van der Waals surface area (Å²) >= 11 is 0. The zero-order chi connectivity index (χ0) is 31.9. The van der Waals surface area contributed by atoms with Gasteiger partial charge in [-0.05, 0) is 56.0 Å². The molecule has 13 atom stereocenters. The lowest BCUT2D eigenvalue weighted by atomic mass is 9.43. The number of nitrogens with zero attached hydrogens (tertiary/aromatic N) is 1. The topological polar surface area (TPSA) is 102 Å². The highest BCUT2D eigenvalue weighted by Crippen LogP contribution is 2.80. The molecule has 1 heterocycles. The fourth-order valence-electron chi connectivity index (χ4n) is 12.4. The average molecular weight is 628 g/mol. The van der Waals surface area contributed by atoms with Crippen LogP contribution in [0.4, 0.5) is 0 Å². The number of fused-ring (bicyclic) bond motifs is 2. The number of methoxy groups -OCH3 is 5. The third kappa shape index (κ3) is 3.98. The first-order valence-corrected chi connectivity index (χ1v) is 16.6. The normalized spacial score (nSPS) is 45.7. The van der Waals surface area contributed by atoms with Gasteiger partial charge in [0.1, 0.15) is 17.5 Å². The number of hydrogen-bond donors (Lipinski definition) is 0. The van der Waals surface area contributed by atoms with E-state index in [0.29, 0.717) is 24.3 Å². The lowest BCUT2D eigenvalue weighted by Gasteiger charge is -2.69. The summed E-state index contributed by atoms with van der Waals surface area (Å²) < 4.78 is 44.1. The number of hydrogen-bond acceptors (Lipinski definition) is 10. The Labute approximate surface area is 266 Å². The molecule has 1 aromatic rings. The van der Waals surface area contributed by atoms with Gasteiger partial charge in [-0.2, -0.15) is 0 Å². The number of carbonyl (C=O) groups excluding carboxylic acids is 2. The third-order valence-corrected chi connectivity index (χ3v) is 13.2. The van der Waals surface area contributed by atoms with E-state index in [1.165, 1.54) is 6.92 Å². The summed E-state index contributed by atoms with van der Waals surface area (Å²) in [6, 6.07) is 7.07. The number of benzene rings is 1. The highest BCUT2D eigenvalue weighted by Gasteiger charge is 2.88. The molecule has 1 aliphatic heterocycles. The molecule has 6 fully saturated rings. The number of carbonyl (C=O) groups is 2. The summed E-state index contributed by atoms with van der Waals surface area (Å²) in [6.07, 6.45) is 2.27. The van der Waals surface area contributed by atoms with Crippen molar-refractivity contribution in [2.75, 3.05) is 55.2 Å². The number of esters is 2. The molecule has 248 valence electrons. The van der Waals surface area contributed by atoms with Crippen LogP contribution in [0.5, 0.6) is 5.75 Å². The number of likely N-dealkylation sites (tertiary alicyclic amines) is 1. The molecule has 5 aliphatic carbocycles. The van der Waals surface area contributed by atoms with Gasteiger partial charge in [-0.1, -0.05) is 6.92 Å². The van der Waals surface area contributed by atoms with E-state index in [4.69, 9.17) is 33.2 Å². The summed E-state index contributed by atoms with van der Waals surface area (Å²) in [4.78, 5) is 29.7. The van der Waals surface area contributed by atoms with Gasteiger partial charge in [0.15, 0.2) is 0 Å². The molecular formula is C35H49NO9. The van der Waals surface area contributed by atoms with E-state index in [1.54, 1.807) is 45.6 Å². The van der Waals surface area contributed by atoms with E-state index in [1.807, 2.05) is 14.2 Å². The van der Waals surface area contributed by atoms with Crippen LogP contribution < -0.4 is 4.74 Å². The van der Waals surface area contributed by atoms with Crippen LogP contribution in [-0.4, -0.2) is 108 Å². The van der Waals surface area contributed by atoms with Crippen molar-refractivity contribution in [3.8, 4) is 5.75 Å². The Morgan fingerprint density at radius 1 is 0.978 bits per heavy atom. The van der Waals surface area contributed by atoms with Crippen molar-refractivity contribution in [1.82, 2.24) is 4.90 Å². The molecule has 6 unspecified atom stereocenters. The lowest BCUT2D eigenvalue weighted by Crippen LogP contribution is -2.77. The molecule has 1 saturated heterocycles. The molecule has 7 bridgehead atoms. The molecule has 10 heteroatoms. The zero-order valence-electron chi connectivity index (χ0n) is 27.7. The van der Waals surface area contributed by atoms with E-state index < -0.39 is 17.7 Å². The summed E-state index contributed by atoms with van der Waals surface area (Å²) in [5, 5.41) is 0. The van der Waals surface area contributed by atoms with Gasteiger partial charge in [-0.15, -0.1) is 0 Å². The van der Waals surface area contributed by atoms with E-state index in [0.717, 1.165) is 32.4 Å². The summed E-state index contributed by atoms with van der Waals surface area (Å²) in [5.41, 5.74) is -0.937. The maximum Gasteiger partial charge on any atom is 0.338 e. The van der Waals surface area contributed by atoms with Crippen molar-refractivity contribution >= 4 is 11.9 Å². The average Bonchev–Trinajstić information content (AvgIpc) is 3.46. The first-order chi connectivity index (χ1) is 21.7. The molecule has 7 rings (SSSR count). The minimum absolute atomic E-state index is 0.0203. The second-order valence-corrected chi connectivity index (χ2v) is 14.4. The van der Waals surface area contributed by atoms with Crippen molar-refractivity contribution in [3.05, 3.63) is 29.8 Å². The van der Waals surface area contributed by atoms with E-state index in [2.05, 4.69) is 11.8 Å². The largest absolute Gasteiger partial charge is 0.497 e. The van der Waals surface area contributed by atoms with E-state index in [-0.39, 0.29) is 70.7 Å². The number of rotatable bonds is 10. The molecule has 0 aromatic heterocycles. The second kappa shape index (κ2) is 11.2. The SMILES string of the molecule is CCN1C[C@]2(COC)CCC(OC)C34C1C(C(OC)[C@@H]32)[C@@]1(OC(C)=O)C[C@H](OC)[C@H]2C[C@@H]4[C@@H]1C2OC(=O)c1ccc(OC)cc1. The maximum absolute atomic E-state index is 13.8. The molecule has 45 heavy (non-hydrogen) atoms. The predicted octanol–water partition coefficient (Wildman–Crippen LogP) is 3.60. The smallest absolute Gasteiger partial charge is 0.338 e. The molecular weight excluding hydrogens is 578 g/mol. The van der Waals surface area contributed by atoms with Crippen molar-refractivity contribution in [3.63, 3.8) is 0 Å². The predicted molar refractivity (Wildman–Crippen MR) is 163 cm³/mol. The monoisotopic (exact) mass is 627 g/mol. The molecule has 0 N–H and O–H groups in total. The Morgan fingerprint density at radius 2 is 1.73 bits per heavy atom. The standard InChI is InChI=1S/C35H49NO9/c1-8-36-17-33(18-39-3)14-13-25(42-6)35-23-15-22-24(41-5)16-34(45-19(2)37,27(31(35)36)29(43-7)30(33)35)26(23)28(22)44-32(38)20-9-11-21(40-4)12-10-20/h9-12,22-31H,8,13-18H2,1-7H3/t22-,23-,24+,25?,26-,27?,28?,29?,30-,31?,33+,34-,35?/m1/s1. The Balaban J connectivity index is 1.43. The van der Waals surface area contributed by atoms with E-state index >= 15 is 0 Å². The van der Waals surface area contributed by atoms with Crippen molar-refractivity contribution in [2.24, 2.45) is 40.4 Å². The summed E-state index contributed by atoms with van der Waals surface area (Å²) in [6.45, 7) is 6.11. The van der Waals surface area contributed by atoms with Gasteiger partial charge in [0.2, 0.25) is 0 Å². The molecule has 0 amide bonds. The van der Waals surface area contributed by atoms with Gasteiger partial charge < -0.3 is 33.2 Å². The zero-order valence-corrected chi connectivity index (χ0v) is 27.7. The second-order valence-electron chi connectivity index (χ2n) is 14.4. The van der Waals surface area contributed by atoms with Crippen LogP contribution in [0.15, 0.2) is 24.3 Å². The van der Waals surface area contributed by atoms with Crippen LogP contribution in [0.3, 0.4) is 0 Å². The van der Waals surface area contributed by atoms with Crippen LogP contribution in [-0.2, 0) is 33.2 Å². The molecule has 10 nitrogen and oxygen atoms in total. The number of ether oxygens (including phenoxy) is 7. The van der Waals surface area contributed by atoms with Gasteiger partial charge in [0, 0.05) is 88.9 Å². The van der Waals surface area contributed by atoms with Crippen LogP contribution >= 0.6 is 0 Å². The Morgan fingerprint density at radius 3 is 2.33 bits per heavy atom. The van der Waals surface area contributed by atoms with E-state index in [9.17, 15) is 9.59 Å². The van der Waals surface area contributed by atoms with Gasteiger partial charge in [0.05, 0.1) is 37.6 Å². The number of piperidine rings is 1. The van der Waals surface area contributed by atoms with Gasteiger partial charge in [-0.3, -0.25) is 9.69 Å². The molecule has 6 aliphatic rings. The highest BCUT2D eigenvalue weighted by atomic mass is 16.6. The van der Waals surface area contributed by atoms with Gasteiger partial charge >= 0.3 is 11.9 Å². The van der Waals surface area contributed by atoms with Crippen molar-refractivity contribution < 1.29 is 42.7 Å². The first kappa shape index (κ1) is 31.4. The minimum atomic E-state index is -0.947. The Kier molecular flexibility index (Phi) is 7.80. The van der Waals surface area contributed by atoms with Gasteiger partial charge in [0.25, 0.3) is 0 Å². The highest BCUT2D eigenvalue weighted by molar-refractivity contribution is 5.89. The minimum Gasteiger partial charge on any atom is -0.497 e. The van der Waals surface area contributed by atoms with Crippen LogP contribution in [0.2, 0.25) is 0 Å². The molecule has 5 saturated carbocycles. The molecule has 1 aromatic carbocycles. The van der Waals surface area contributed by atoms with Crippen molar-refractivity contribution in [2.45, 2.75) is 75.6 Å². The summed E-state index contributed by atoms with van der Waals surface area (Å²) in [7, 11) is 8.77. The molecule has 1 spiro atoms. The Hall–Kier alpha value is -2.24. The van der Waals surface area contributed by atoms with Crippen molar-refractivity contribution in [1.29, 1.82) is 0 Å². The van der Waals surface area contributed by atoms with Crippen LogP contribution in [0, 0.1) is 40.4 Å².